The number of nitrogens with one attached hydrogen (secondary N) is 1. The van der Waals surface area contributed by atoms with Gasteiger partial charge in [-0.05, 0) is 50.8 Å². The zero-order valence-corrected chi connectivity index (χ0v) is 14.5. The SMILES string of the molecule is Cc1ccc(C)c(NC(=O)[C@H](C)N2C(=O)C3CCCCC3C2=O)c1. The van der Waals surface area contributed by atoms with Crippen LogP contribution in [0.2, 0.25) is 0 Å². The third-order valence-electron chi connectivity index (χ3n) is 5.29. The van der Waals surface area contributed by atoms with Crippen molar-refractivity contribution in [2.45, 2.75) is 52.5 Å². The van der Waals surface area contributed by atoms with Crippen molar-refractivity contribution >= 4 is 23.4 Å². The standard InChI is InChI=1S/C19H24N2O3/c1-11-8-9-12(2)16(10-11)20-17(22)13(3)21-18(23)14-6-4-5-7-15(14)19(21)24/h8-10,13-15H,4-7H2,1-3H3,(H,20,22)/t13-,14?,15?/m0/s1. The van der Waals surface area contributed by atoms with Gasteiger partial charge >= 0.3 is 0 Å². The molecule has 2 fully saturated rings. The predicted octanol–water partition coefficient (Wildman–Crippen LogP) is 2.81. The van der Waals surface area contributed by atoms with Crippen molar-refractivity contribution in [2.24, 2.45) is 11.8 Å². The maximum absolute atomic E-state index is 12.6. The second-order valence-corrected chi connectivity index (χ2v) is 7.03. The molecule has 1 saturated heterocycles. The smallest absolute Gasteiger partial charge is 0.247 e. The molecule has 1 N–H and O–H groups in total. The Kier molecular flexibility index (Phi) is 4.43. The van der Waals surface area contributed by atoms with Crippen LogP contribution in [-0.2, 0) is 14.4 Å². The summed E-state index contributed by atoms with van der Waals surface area (Å²) in [7, 11) is 0. The minimum absolute atomic E-state index is 0.173. The molecule has 0 bridgehead atoms. The van der Waals surface area contributed by atoms with Gasteiger partial charge < -0.3 is 5.32 Å². The number of hydrogen-bond donors (Lipinski definition) is 1. The van der Waals surface area contributed by atoms with Crippen molar-refractivity contribution in [3.8, 4) is 0 Å². The molecule has 3 amide bonds. The van der Waals surface area contributed by atoms with Crippen molar-refractivity contribution in [3.63, 3.8) is 0 Å². The molecule has 1 saturated carbocycles. The van der Waals surface area contributed by atoms with E-state index in [1.807, 2.05) is 32.0 Å². The van der Waals surface area contributed by atoms with Crippen LogP contribution in [0.15, 0.2) is 18.2 Å². The number of hydrogen-bond acceptors (Lipinski definition) is 3. The van der Waals surface area contributed by atoms with Gasteiger partial charge in [-0.25, -0.2) is 0 Å². The van der Waals surface area contributed by atoms with Gasteiger partial charge in [0.15, 0.2) is 0 Å². The van der Waals surface area contributed by atoms with E-state index in [0.717, 1.165) is 42.5 Å². The molecule has 3 rings (SSSR count). The molecule has 128 valence electrons. The Morgan fingerprint density at radius 1 is 1.12 bits per heavy atom. The van der Waals surface area contributed by atoms with Crippen molar-refractivity contribution in [2.75, 3.05) is 5.32 Å². The summed E-state index contributed by atoms with van der Waals surface area (Å²) in [6.45, 7) is 5.50. The fraction of sp³-hybridized carbons (Fsp3) is 0.526. The van der Waals surface area contributed by atoms with Gasteiger partial charge in [0.1, 0.15) is 6.04 Å². The molecule has 1 aromatic rings. The number of amides is 3. The number of carbonyl (C=O) groups excluding carboxylic acids is 3. The van der Waals surface area contributed by atoms with Gasteiger partial charge in [-0.2, -0.15) is 0 Å². The summed E-state index contributed by atoms with van der Waals surface area (Å²) < 4.78 is 0. The Balaban J connectivity index is 1.77. The van der Waals surface area contributed by atoms with E-state index in [4.69, 9.17) is 0 Å². The first-order chi connectivity index (χ1) is 11.4. The largest absolute Gasteiger partial charge is 0.324 e. The summed E-state index contributed by atoms with van der Waals surface area (Å²) in [4.78, 5) is 39.0. The van der Waals surface area contributed by atoms with Gasteiger partial charge in [0.05, 0.1) is 11.8 Å². The van der Waals surface area contributed by atoms with Crippen LogP contribution in [0, 0.1) is 25.7 Å². The van der Waals surface area contributed by atoms with Crippen LogP contribution in [0.5, 0.6) is 0 Å². The third-order valence-corrected chi connectivity index (χ3v) is 5.29. The van der Waals surface area contributed by atoms with Gasteiger partial charge in [0.25, 0.3) is 0 Å². The molecule has 1 heterocycles. The molecule has 0 radical (unpaired) electrons. The number of fused-ring (bicyclic) bond motifs is 1. The van der Waals surface area contributed by atoms with E-state index in [-0.39, 0.29) is 29.6 Å². The monoisotopic (exact) mass is 328 g/mol. The van der Waals surface area contributed by atoms with Crippen LogP contribution in [-0.4, -0.2) is 28.7 Å². The second-order valence-electron chi connectivity index (χ2n) is 7.03. The van der Waals surface area contributed by atoms with Crippen molar-refractivity contribution < 1.29 is 14.4 Å². The highest BCUT2D eigenvalue weighted by molar-refractivity contribution is 6.09. The highest BCUT2D eigenvalue weighted by Gasteiger charge is 2.50. The van der Waals surface area contributed by atoms with E-state index in [2.05, 4.69) is 5.32 Å². The molecule has 1 aliphatic heterocycles. The minimum atomic E-state index is -0.782. The lowest BCUT2D eigenvalue weighted by molar-refractivity contribution is -0.146. The molecule has 5 heteroatoms. The van der Waals surface area contributed by atoms with E-state index < -0.39 is 6.04 Å². The lowest BCUT2D eigenvalue weighted by atomic mass is 9.81. The fourth-order valence-electron chi connectivity index (χ4n) is 3.79. The first kappa shape index (κ1) is 16.7. The summed E-state index contributed by atoms with van der Waals surface area (Å²) in [5, 5.41) is 2.87. The molecule has 1 aliphatic carbocycles. The highest BCUT2D eigenvalue weighted by Crippen LogP contribution is 2.38. The number of benzene rings is 1. The van der Waals surface area contributed by atoms with Crippen molar-refractivity contribution in [1.29, 1.82) is 0 Å². The van der Waals surface area contributed by atoms with Crippen LogP contribution < -0.4 is 5.32 Å². The third kappa shape index (κ3) is 2.83. The van der Waals surface area contributed by atoms with Crippen LogP contribution >= 0.6 is 0 Å². The van der Waals surface area contributed by atoms with E-state index in [9.17, 15) is 14.4 Å². The average molecular weight is 328 g/mol. The quantitative estimate of drug-likeness (QED) is 0.868. The molecule has 0 aromatic heterocycles. The first-order valence-electron chi connectivity index (χ1n) is 8.65. The van der Waals surface area contributed by atoms with Gasteiger partial charge in [-0.15, -0.1) is 0 Å². The topological polar surface area (TPSA) is 66.5 Å². The van der Waals surface area contributed by atoms with E-state index >= 15 is 0 Å². The van der Waals surface area contributed by atoms with Gasteiger partial charge in [-0.1, -0.05) is 25.0 Å². The van der Waals surface area contributed by atoms with Gasteiger partial charge in [0, 0.05) is 5.69 Å². The lowest BCUT2D eigenvalue weighted by Crippen LogP contribution is -2.46. The number of rotatable bonds is 3. The molecular weight excluding hydrogens is 304 g/mol. The number of likely N-dealkylation sites (tertiary alicyclic amines) is 1. The van der Waals surface area contributed by atoms with E-state index in [1.54, 1.807) is 6.92 Å². The summed E-state index contributed by atoms with van der Waals surface area (Å²) in [5.41, 5.74) is 2.72. The first-order valence-corrected chi connectivity index (χ1v) is 8.65. The van der Waals surface area contributed by atoms with Crippen molar-refractivity contribution in [1.82, 2.24) is 4.90 Å². The van der Waals surface area contributed by atoms with Gasteiger partial charge in [0.2, 0.25) is 17.7 Å². The van der Waals surface area contributed by atoms with Gasteiger partial charge in [-0.3, -0.25) is 19.3 Å². The Hall–Kier alpha value is -2.17. The Morgan fingerprint density at radius 2 is 1.71 bits per heavy atom. The van der Waals surface area contributed by atoms with Crippen LogP contribution in [0.25, 0.3) is 0 Å². The minimum Gasteiger partial charge on any atom is -0.324 e. The molecule has 0 spiro atoms. The Bertz CT molecular complexity index is 674. The number of nitrogens with zero attached hydrogens (tertiary/aromatic N) is 1. The fourth-order valence-corrected chi connectivity index (χ4v) is 3.79. The summed E-state index contributed by atoms with van der Waals surface area (Å²) in [6.07, 6.45) is 3.49. The zero-order valence-electron chi connectivity index (χ0n) is 14.5. The number of carbonyl (C=O) groups is 3. The number of imide groups is 1. The molecular formula is C19H24N2O3. The van der Waals surface area contributed by atoms with Crippen LogP contribution in [0.3, 0.4) is 0 Å². The van der Waals surface area contributed by atoms with Crippen LogP contribution in [0.4, 0.5) is 5.69 Å². The second kappa shape index (κ2) is 6.38. The normalized spacial score (nSPS) is 24.7. The number of anilines is 1. The maximum Gasteiger partial charge on any atom is 0.247 e. The summed E-state index contributed by atoms with van der Waals surface area (Å²) in [5.74, 6) is -1.10. The summed E-state index contributed by atoms with van der Waals surface area (Å²) in [6, 6.07) is 5.03. The maximum atomic E-state index is 12.6. The Labute approximate surface area is 142 Å². The molecule has 1 aromatic carbocycles. The predicted molar refractivity (Wildman–Crippen MR) is 91.3 cm³/mol. The molecule has 3 atom stereocenters. The average Bonchev–Trinajstić information content (AvgIpc) is 2.82. The molecule has 24 heavy (non-hydrogen) atoms. The Morgan fingerprint density at radius 3 is 2.29 bits per heavy atom. The highest BCUT2D eigenvalue weighted by atomic mass is 16.2. The van der Waals surface area contributed by atoms with Crippen LogP contribution in [0.1, 0.15) is 43.7 Å². The number of aryl methyl sites for hydroxylation is 2. The molecule has 2 aliphatic rings. The zero-order chi connectivity index (χ0) is 17.4. The summed E-state index contributed by atoms with van der Waals surface area (Å²) >= 11 is 0. The van der Waals surface area contributed by atoms with Crippen molar-refractivity contribution in [3.05, 3.63) is 29.3 Å². The molecule has 5 nitrogen and oxygen atoms in total. The van der Waals surface area contributed by atoms with E-state index in [0.29, 0.717) is 0 Å². The molecule has 2 unspecified atom stereocenters. The van der Waals surface area contributed by atoms with E-state index in [1.165, 1.54) is 4.90 Å². The lowest BCUT2D eigenvalue weighted by Gasteiger charge is -2.23.